The third-order valence-electron chi connectivity index (χ3n) is 5.53. The van der Waals surface area contributed by atoms with Gasteiger partial charge >= 0.3 is 0 Å². The summed E-state index contributed by atoms with van der Waals surface area (Å²) in [4.78, 5) is 12.1. The van der Waals surface area contributed by atoms with Crippen LogP contribution in [0.2, 0.25) is 0 Å². The van der Waals surface area contributed by atoms with E-state index in [0.717, 1.165) is 30.6 Å². The van der Waals surface area contributed by atoms with Crippen LogP contribution >= 0.6 is 0 Å². The van der Waals surface area contributed by atoms with Gasteiger partial charge in [-0.05, 0) is 48.9 Å². The second-order valence-electron chi connectivity index (χ2n) is 6.64. The number of hydrogen-bond donors (Lipinski definition) is 0. The molecule has 0 radical (unpaired) electrons. The maximum absolute atomic E-state index is 12.1. The lowest BCUT2D eigenvalue weighted by Crippen LogP contribution is -2.41. The van der Waals surface area contributed by atoms with Crippen molar-refractivity contribution in [3.05, 3.63) is 0 Å². The lowest BCUT2D eigenvalue weighted by molar-refractivity contribution is -0.131. The number of hydrogen-bond acceptors (Lipinski definition) is 1. The minimum atomic E-state index is 0.325. The highest BCUT2D eigenvalue weighted by Crippen LogP contribution is 2.58. The van der Waals surface area contributed by atoms with Gasteiger partial charge in [0.15, 0.2) is 0 Å². The summed E-state index contributed by atoms with van der Waals surface area (Å²) >= 11 is 0. The van der Waals surface area contributed by atoms with Crippen LogP contribution in [0.15, 0.2) is 0 Å². The Morgan fingerprint density at radius 1 is 1.19 bits per heavy atom. The van der Waals surface area contributed by atoms with Crippen LogP contribution in [0, 0.1) is 29.1 Å². The third kappa shape index (κ3) is 1.72. The summed E-state index contributed by atoms with van der Waals surface area (Å²) in [6.07, 6.45) is 5.99. The first-order valence-electron chi connectivity index (χ1n) is 7.00. The van der Waals surface area contributed by atoms with E-state index < -0.39 is 0 Å². The van der Waals surface area contributed by atoms with Crippen LogP contribution in [0.25, 0.3) is 0 Å². The van der Waals surface area contributed by atoms with Gasteiger partial charge in [-0.25, -0.2) is 0 Å². The average molecular weight is 222 g/mol. The predicted molar refractivity (Wildman–Crippen MR) is 67.2 cm³/mol. The van der Waals surface area contributed by atoms with Gasteiger partial charge in [-0.1, -0.05) is 27.7 Å². The van der Waals surface area contributed by atoms with Crippen molar-refractivity contribution in [2.75, 3.05) is 0 Å². The molecule has 2 fully saturated rings. The SMILES string of the molecule is CC1CCC2(CC1=O)C(C)CCC2C(C)C. The molecule has 0 aliphatic heterocycles. The van der Waals surface area contributed by atoms with Crippen LogP contribution in [-0.2, 0) is 4.79 Å². The van der Waals surface area contributed by atoms with Gasteiger partial charge in [0, 0.05) is 12.3 Å². The monoisotopic (exact) mass is 222 g/mol. The van der Waals surface area contributed by atoms with Gasteiger partial charge in [0.25, 0.3) is 0 Å². The maximum atomic E-state index is 12.1. The van der Waals surface area contributed by atoms with Crippen LogP contribution < -0.4 is 0 Å². The molecular formula is C15H26O. The van der Waals surface area contributed by atoms with Gasteiger partial charge < -0.3 is 0 Å². The maximum Gasteiger partial charge on any atom is 0.136 e. The Hall–Kier alpha value is -0.330. The zero-order chi connectivity index (χ0) is 11.9. The highest BCUT2D eigenvalue weighted by Gasteiger charge is 2.51. The Kier molecular flexibility index (Phi) is 3.16. The molecule has 0 aromatic carbocycles. The molecule has 2 rings (SSSR count). The normalized spacial score (nSPS) is 44.6. The van der Waals surface area contributed by atoms with E-state index in [-0.39, 0.29) is 0 Å². The molecule has 0 aromatic rings. The van der Waals surface area contributed by atoms with Gasteiger partial charge in [0.1, 0.15) is 5.78 Å². The number of ketones is 1. The summed E-state index contributed by atoms with van der Waals surface area (Å²) in [5.74, 6) is 3.15. The van der Waals surface area contributed by atoms with E-state index in [1.807, 2.05) is 0 Å². The standard InChI is InChI=1S/C15H26O/c1-10(2)13-6-5-12(4)15(13)8-7-11(3)14(16)9-15/h10-13H,5-9H2,1-4H3. The summed E-state index contributed by atoms with van der Waals surface area (Å²) in [7, 11) is 0. The molecule has 1 heteroatoms. The minimum absolute atomic E-state index is 0.325. The van der Waals surface area contributed by atoms with E-state index >= 15 is 0 Å². The van der Waals surface area contributed by atoms with E-state index in [0.29, 0.717) is 17.1 Å². The Morgan fingerprint density at radius 2 is 1.88 bits per heavy atom. The molecule has 2 aliphatic carbocycles. The molecule has 4 unspecified atom stereocenters. The first-order chi connectivity index (χ1) is 7.47. The van der Waals surface area contributed by atoms with E-state index in [9.17, 15) is 4.79 Å². The molecule has 2 saturated carbocycles. The smallest absolute Gasteiger partial charge is 0.136 e. The van der Waals surface area contributed by atoms with Crippen molar-refractivity contribution in [1.29, 1.82) is 0 Å². The molecule has 0 N–H and O–H groups in total. The topological polar surface area (TPSA) is 17.1 Å². The van der Waals surface area contributed by atoms with Crippen molar-refractivity contribution in [1.82, 2.24) is 0 Å². The van der Waals surface area contributed by atoms with Gasteiger partial charge in [-0.2, -0.15) is 0 Å². The number of carbonyl (C=O) groups excluding carboxylic acids is 1. The number of Topliss-reactive ketones (excluding diaryl/α,β-unsaturated/α-hetero) is 1. The van der Waals surface area contributed by atoms with Crippen LogP contribution in [0.4, 0.5) is 0 Å². The zero-order valence-corrected chi connectivity index (χ0v) is 11.3. The average Bonchev–Trinajstić information content (AvgIpc) is 2.51. The molecule has 92 valence electrons. The van der Waals surface area contributed by atoms with Crippen LogP contribution in [0.3, 0.4) is 0 Å². The number of carbonyl (C=O) groups is 1. The molecule has 1 nitrogen and oxygen atoms in total. The molecule has 0 heterocycles. The van der Waals surface area contributed by atoms with Gasteiger partial charge in [0.05, 0.1) is 0 Å². The molecule has 2 aliphatic rings. The minimum Gasteiger partial charge on any atom is -0.299 e. The summed E-state index contributed by atoms with van der Waals surface area (Å²) in [5.41, 5.74) is 0.373. The van der Waals surface area contributed by atoms with Crippen LogP contribution in [-0.4, -0.2) is 5.78 Å². The molecule has 4 atom stereocenters. The van der Waals surface area contributed by atoms with Gasteiger partial charge in [0.2, 0.25) is 0 Å². The van der Waals surface area contributed by atoms with Crippen molar-refractivity contribution >= 4 is 5.78 Å². The summed E-state index contributed by atoms with van der Waals surface area (Å²) in [5, 5.41) is 0. The quantitative estimate of drug-likeness (QED) is 0.654. The van der Waals surface area contributed by atoms with Crippen LogP contribution in [0.1, 0.15) is 59.8 Å². The van der Waals surface area contributed by atoms with E-state index in [2.05, 4.69) is 27.7 Å². The van der Waals surface area contributed by atoms with Crippen molar-refractivity contribution < 1.29 is 4.79 Å². The first kappa shape index (κ1) is 12.1. The summed E-state index contributed by atoms with van der Waals surface area (Å²) < 4.78 is 0. The largest absolute Gasteiger partial charge is 0.299 e. The van der Waals surface area contributed by atoms with Crippen molar-refractivity contribution in [3.63, 3.8) is 0 Å². The molecule has 0 amide bonds. The first-order valence-corrected chi connectivity index (χ1v) is 7.00. The molecular weight excluding hydrogens is 196 g/mol. The second-order valence-corrected chi connectivity index (χ2v) is 6.64. The Bertz CT molecular complexity index is 281. The van der Waals surface area contributed by atoms with Crippen molar-refractivity contribution in [2.24, 2.45) is 29.1 Å². The van der Waals surface area contributed by atoms with E-state index in [1.54, 1.807) is 0 Å². The third-order valence-corrected chi connectivity index (χ3v) is 5.53. The Balaban J connectivity index is 2.24. The van der Waals surface area contributed by atoms with Crippen molar-refractivity contribution in [2.45, 2.75) is 59.8 Å². The summed E-state index contributed by atoms with van der Waals surface area (Å²) in [6.45, 7) is 9.17. The molecule has 0 bridgehead atoms. The highest BCUT2D eigenvalue weighted by atomic mass is 16.1. The predicted octanol–water partition coefficient (Wildman–Crippen LogP) is 4.06. The molecule has 0 aromatic heterocycles. The molecule has 0 saturated heterocycles. The Labute approximate surface area is 100.0 Å². The highest BCUT2D eigenvalue weighted by molar-refractivity contribution is 5.82. The zero-order valence-electron chi connectivity index (χ0n) is 11.3. The van der Waals surface area contributed by atoms with E-state index in [4.69, 9.17) is 0 Å². The van der Waals surface area contributed by atoms with Crippen LogP contribution in [0.5, 0.6) is 0 Å². The van der Waals surface area contributed by atoms with E-state index in [1.165, 1.54) is 19.3 Å². The molecule has 16 heavy (non-hydrogen) atoms. The lowest BCUT2D eigenvalue weighted by atomic mass is 9.59. The lowest BCUT2D eigenvalue weighted by Gasteiger charge is -2.45. The molecule has 1 spiro atoms. The fraction of sp³-hybridized carbons (Fsp3) is 0.933. The van der Waals surface area contributed by atoms with Gasteiger partial charge in [-0.3, -0.25) is 4.79 Å². The van der Waals surface area contributed by atoms with Crippen molar-refractivity contribution in [3.8, 4) is 0 Å². The Morgan fingerprint density at radius 3 is 2.44 bits per heavy atom. The summed E-state index contributed by atoms with van der Waals surface area (Å²) in [6, 6.07) is 0. The number of rotatable bonds is 1. The van der Waals surface area contributed by atoms with Gasteiger partial charge in [-0.15, -0.1) is 0 Å². The fourth-order valence-corrected chi connectivity index (χ4v) is 4.34. The fourth-order valence-electron chi connectivity index (χ4n) is 4.34. The second kappa shape index (κ2) is 4.16.